The molecule has 2 atom stereocenters. The van der Waals surface area contributed by atoms with Crippen molar-refractivity contribution in [2.24, 2.45) is 11.7 Å². The summed E-state index contributed by atoms with van der Waals surface area (Å²) < 4.78 is 5.34. The summed E-state index contributed by atoms with van der Waals surface area (Å²) in [5.74, 6) is 0.684. The molecular formula is C16H19ClN4O2. The standard InChI is InChI=1S/C16H19ClN4O2/c1-10-5-6-12(15(18)22)8-21(10)9-14-19-16(20-23-14)11-3-2-4-13(17)7-11/h2-4,7,10,12H,5-6,8-9H2,1H3,(H2,18,22). The summed E-state index contributed by atoms with van der Waals surface area (Å²) >= 11 is 5.98. The molecule has 1 aromatic carbocycles. The molecule has 2 heterocycles. The monoisotopic (exact) mass is 334 g/mol. The molecule has 1 fully saturated rings. The van der Waals surface area contributed by atoms with Crippen molar-refractivity contribution >= 4 is 17.5 Å². The highest BCUT2D eigenvalue weighted by Crippen LogP contribution is 2.24. The third-order valence-corrected chi connectivity index (χ3v) is 4.54. The van der Waals surface area contributed by atoms with Crippen molar-refractivity contribution in [1.29, 1.82) is 0 Å². The second-order valence-electron chi connectivity index (χ2n) is 5.98. The largest absolute Gasteiger partial charge is 0.369 e. The summed E-state index contributed by atoms with van der Waals surface area (Å²) in [7, 11) is 0. The highest BCUT2D eigenvalue weighted by atomic mass is 35.5. The third-order valence-electron chi connectivity index (χ3n) is 4.30. The first kappa shape index (κ1) is 16.0. The number of nitrogens with zero attached hydrogens (tertiary/aromatic N) is 3. The lowest BCUT2D eigenvalue weighted by Gasteiger charge is -2.35. The molecule has 0 saturated carbocycles. The van der Waals surface area contributed by atoms with E-state index in [1.807, 2.05) is 12.1 Å². The maximum absolute atomic E-state index is 11.4. The van der Waals surface area contributed by atoms with Crippen LogP contribution in [-0.2, 0) is 11.3 Å². The fourth-order valence-corrected chi connectivity index (χ4v) is 3.06. The number of primary amides is 1. The Balaban J connectivity index is 1.72. The molecule has 2 aromatic rings. The lowest BCUT2D eigenvalue weighted by Crippen LogP contribution is -2.45. The minimum absolute atomic E-state index is 0.110. The van der Waals surface area contributed by atoms with Gasteiger partial charge >= 0.3 is 0 Å². The molecule has 0 bridgehead atoms. The highest BCUT2D eigenvalue weighted by molar-refractivity contribution is 6.30. The number of rotatable bonds is 4. The Labute approximate surface area is 139 Å². The van der Waals surface area contributed by atoms with Gasteiger partial charge in [0.15, 0.2) is 0 Å². The van der Waals surface area contributed by atoms with Gasteiger partial charge in [0.2, 0.25) is 17.6 Å². The second kappa shape index (κ2) is 6.68. The van der Waals surface area contributed by atoms with Crippen LogP contribution in [0.5, 0.6) is 0 Å². The van der Waals surface area contributed by atoms with Gasteiger partial charge in [-0.25, -0.2) is 0 Å². The van der Waals surface area contributed by atoms with Crippen LogP contribution < -0.4 is 5.73 Å². The van der Waals surface area contributed by atoms with E-state index in [0.29, 0.717) is 35.9 Å². The van der Waals surface area contributed by atoms with Gasteiger partial charge in [-0.1, -0.05) is 28.9 Å². The summed E-state index contributed by atoms with van der Waals surface area (Å²) in [5.41, 5.74) is 6.25. The number of halogens is 1. The van der Waals surface area contributed by atoms with Crippen LogP contribution in [0.15, 0.2) is 28.8 Å². The number of aromatic nitrogens is 2. The van der Waals surface area contributed by atoms with Gasteiger partial charge in [0.25, 0.3) is 0 Å². The third kappa shape index (κ3) is 3.71. The number of likely N-dealkylation sites (tertiary alicyclic amines) is 1. The Kier molecular flexibility index (Phi) is 4.63. The van der Waals surface area contributed by atoms with Crippen molar-refractivity contribution in [3.8, 4) is 11.4 Å². The summed E-state index contributed by atoms with van der Waals surface area (Å²) in [4.78, 5) is 18.0. The van der Waals surface area contributed by atoms with E-state index in [4.69, 9.17) is 21.9 Å². The molecule has 0 aliphatic carbocycles. The number of benzene rings is 1. The Bertz CT molecular complexity index is 703. The fourth-order valence-electron chi connectivity index (χ4n) is 2.87. The topological polar surface area (TPSA) is 85.3 Å². The van der Waals surface area contributed by atoms with Crippen molar-refractivity contribution in [1.82, 2.24) is 15.0 Å². The van der Waals surface area contributed by atoms with Gasteiger partial charge in [-0.2, -0.15) is 4.98 Å². The van der Waals surface area contributed by atoms with E-state index in [0.717, 1.165) is 18.4 Å². The molecule has 23 heavy (non-hydrogen) atoms. The van der Waals surface area contributed by atoms with Crippen molar-refractivity contribution in [2.75, 3.05) is 6.54 Å². The number of piperidine rings is 1. The summed E-state index contributed by atoms with van der Waals surface area (Å²) in [6, 6.07) is 7.67. The van der Waals surface area contributed by atoms with Crippen LogP contribution in [0.4, 0.5) is 0 Å². The zero-order valence-electron chi connectivity index (χ0n) is 12.9. The zero-order chi connectivity index (χ0) is 16.4. The Morgan fingerprint density at radius 1 is 1.48 bits per heavy atom. The Morgan fingerprint density at radius 3 is 3.04 bits per heavy atom. The van der Waals surface area contributed by atoms with Gasteiger partial charge in [0, 0.05) is 23.2 Å². The highest BCUT2D eigenvalue weighted by Gasteiger charge is 2.29. The van der Waals surface area contributed by atoms with Crippen LogP contribution in [0.2, 0.25) is 5.02 Å². The molecule has 1 saturated heterocycles. The minimum Gasteiger partial charge on any atom is -0.369 e. The van der Waals surface area contributed by atoms with E-state index in [1.54, 1.807) is 12.1 Å². The smallest absolute Gasteiger partial charge is 0.241 e. The average molecular weight is 335 g/mol. The molecule has 7 heteroatoms. The predicted octanol–water partition coefficient (Wildman–Crippen LogP) is 2.48. The van der Waals surface area contributed by atoms with Gasteiger partial charge in [0.05, 0.1) is 12.5 Å². The first-order chi connectivity index (χ1) is 11.0. The number of amides is 1. The number of nitrogens with two attached hydrogens (primary N) is 1. The first-order valence-corrected chi connectivity index (χ1v) is 8.02. The van der Waals surface area contributed by atoms with E-state index in [2.05, 4.69) is 22.0 Å². The van der Waals surface area contributed by atoms with Crippen molar-refractivity contribution in [2.45, 2.75) is 32.4 Å². The van der Waals surface area contributed by atoms with Crippen molar-refractivity contribution < 1.29 is 9.32 Å². The molecule has 122 valence electrons. The van der Waals surface area contributed by atoms with Crippen LogP contribution in [0.3, 0.4) is 0 Å². The van der Waals surface area contributed by atoms with Gasteiger partial charge < -0.3 is 10.3 Å². The van der Waals surface area contributed by atoms with Crippen LogP contribution >= 0.6 is 11.6 Å². The van der Waals surface area contributed by atoms with E-state index >= 15 is 0 Å². The molecule has 3 rings (SSSR count). The number of hydrogen-bond acceptors (Lipinski definition) is 5. The lowest BCUT2D eigenvalue weighted by atomic mass is 9.93. The molecule has 0 spiro atoms. The van der Waals surface area contributed by atoms with Crippen molar-refractivity contribution in [3.63, 3.8) is 0 Å². The predicted molar refractivity (Wildman–Crippen MR) is 86.5 cm³/mol. The summed E-state index contributed by atoms with van der Waals surface area (Å²) in [6.07, 6.45) is 1.77. The molecule has 1 aliphatic heterocycles. The molecule has 2 N–H and O–H groups in total. The quantitative estimate of drug-likeness (QED) is 0.928. The van der Waals surface area contributed by atoms with Crippen LogP contribution in [0.25, 0.3) is 11.4 Å². The summed E-state index contributed by atoms with van der Waals surface area (Å²) in [6.45, 7) is 3.27. The molecule has 1 amide bonds. The van der Waals surface area contributed by atoms with E-state index in [9.17, 15) is 4.79 Å². The molecule has 1 aliphatic rings. The van der Waals surface area contributed by atoms with E-state index < -0.39 is 0 Å². The van der Waals surface area contributed by atoms with Gasteiger partial charge in [-0.15, -0.1) is 0 Å². The number of carbonyl (C=O) groups is 1. The second-order valence-corrected chi connectivity index (χ2v) is 6.41. The Morgan fingerprint density at radius 2 is 2.30 bits per heavy atom. The molecule has 6 nitrogen and oxygen atoms in total. The molecule has 0 radical (unpaired) electrons. The maximum atomic E-state index is 11.4. The van der Waals surface area contributed by atoms with Gasteiger partial charge in [-0.05, 0) is 31.9 Å². The van der Waals surface area contributed by atoms with Crippen molar-refractivity contribution in [3.05, 3.63) is 35.2 Å². The molecular weight excluding hydrogens is 316 g/mol. The molecule has 2 unspecified atom stereocenters. The lowest BCUT2D eigenvalue weighted by molar-refractivity contribution is -0.124. The zero-order valence-corrected chi connectivity index (χ0v) is 13.7. The number of hydrogen-bond donors (Lipinski definition) is 1. The number of carbonyl (C=O) groups excluding carboxylic acids is 1. The van der Waals surface area contributed by atoms with Gasteiger partial charge in [0.1, 0.15) is 0 Å². The molecule has 1 aromatic heterocycles. The normalized spacial score (nSPS) is 22.2. The van der Waals surface area contributed by atoms with Crippen LogP contribution in [-0.4, -0.2) is 33.5 Å². The van der Waals surface area contributed by atoms with Crippen LogP contribution in [0.1, 0.15) is 25.7 Å². The minimum atomic E-state index is -0.243. The SMILES string of the molecule is CC1CCC(C(N)=O)CN1Cc1nc(-c2cccc(Cl)c2)no1. The van der Waals surface area contributed by atoms with E-state index in [1.165, 1.54) is 0 Å². The van der Waals surface area contributed by atoms with Crippen LogP contribution in [0, 0.1) is 5.92 Å². The summed E-state index contributed by atoms with van der Waals surface area (Å²) in [5, 5.41) is 4.64. The van der Waals surface area contributed by atoms with Gasteiger partial charge in [-0.3, -0.25) is 9.69 Å². The average Bonchev–Trinajstić information content (AvgIpc) is 2.98. The Hall–Kier alpha value is -1.92. The first-order valence-electron chi connectivity index (χ1n) is 7.65. The van der Waals surface area contributed by atoms with E-state index in [-0.39, 0.29) is 11.8 Å². The maximum Gasteiger partial charge on any atom is 0.241 e. The fraction of sp³-hybridized carbons (Fsp3) is 0.438.